The smallest absolute Gasteiger partial charge is 0.321 e. The number of hydrogen-bond acceptors (Lipinski definition) is 5. The van der Waals surface area contributed by atoms with Crippen LogP contribution >= 0.6 is 22.9 Å². The molecule has 7 nitrogen and oxygen atoms in total. The Morgan fingerprint density at radius 1 is 1.17 bits per heavy atom. The number of amides is 3. The van der Waals surface area contributed by atoms with Crippen LogP contribution in [-0.4, -0.2) is 28.5 Å². The second-order valence-electron chi connectivity index (χ2n) is 5.93. The molecular formula is C19H17ClFN5O2S. The quantitative estimate of drug-likeness (QED) is 0.496. The zero-order valence-corrected chi connectivity index (χ0v) is 16.7. The van der Waals surface area contributed by atoms with Gasteiger partial charge in [0.25, 0.3) is 5.91 Å². The number of rotatable bonds is 7. The predicted octanol–water partition coefficient (Wildman–Crippen LogP) is 3.62. The Bertz CT molecular complexity index is 1010. The molecule has 0 saturated heterocycles. The third-order valence-corrected chi connectivity index (χ3v) is 4.89. The number of benzene rings is 1. The molecule has 0 aliphatic carbocycles. The Kier molecular flexibility index (Phi) is 7.09. The number of carbonyl (C=O) groups excluding carboxylic acids is 2. The summed E-state index contributed by atoms with van der Waals surface area (Å²) in [5.74, 6) is -0.666. The minimum Gasteiger partial charge on any atom is -0.352 e. The van der Waals surface area contributed by atoms with E-state index in [1.807, 2.05) is 0 Å². The fourth-order valence-corrected chi connectivity index (χ4v) is 3.35. The van der Waals surface area contributed by atoms with Gasteiger partial charge in [0.05, 0.1) is 11.3 Å². The molecule has 0 aliphatic heterocycles. The molecule has 0 aliphatic rings. The number of thiazole rings is 1. The fourth-order valence-electron chi connectivity index (χ4n) is 2.40. The van der Waals surface area contributed by atoms with Crippen molar-refractivity contribution in [3.05, 3.63) is 75.8 Å². The van der Waals surface area contributed by atoms with E-state index >= 15 is 0 Å². The van der Waals surface area contributed by atoms with E-state index in [0.29, 0.717) is 29.2 Å². The van der Waals surface area contributed by atoms with Crippen LogP contribution in [-0.2, 0) is 13.0 Å². The average Bonchev–Trinajstić information content (AvgIpc) is 3.14. The third kappa shape index (κ3) is 6.23. The summed E-state index contributed by atoms with van der Waals surface area (Å²) in [5, 5.41) is 10.4. The predicted molar refractivity (Wildman–Crippen MR) is 110 cm³/mol. The molecule has 2 heterocycles. The van der Waals surface area contributed by atoms with Crippen molar-refractivity contribution in [3.8, 4) is 0 Å². The SMILES string of the molecule is O=C(NCc1cccc(F)c1)Nc1nc(CCNC(=O)c2cccnc2Cl)cs1. The van der Waals surface area contributed by atoms with Crippen LogP contribution < -0.4 is 16.0 Å². The van der Waals surface area contributed by atoms with Gasteiger partial charge in [-0.05, 0) is 29.8 Å². The molecule has 0 unspecified atom stereocenters. The van der Waals surface area contributed by atoms with E-state index in [1.165, 1.54) is 29.7 Å². The van der Waals surface area contributed by atoms with Crippen LogP contribution in [0.15, 0.2) is 48.0 Å². The number of urea groups is 1. The van der Waals surface area contributed by atoms with Gasteiger partial charge in [-0.3, -0.25) is 10.1 Å². The highest BCUT2D eigenvalue weighted by Crippen LogP contribution is 2.16. The summed E-state index contributed by atoms with van der Waals surface area (Å²) in [7, 11) is 0. The van der Waals surface area contributed by atoms with Crippen molar-refractivity contribution < 1.29 is 14.0 Å². The van der Waals surface area contributed by atoms with E-state index in [-0.39, 0.29) is 23.4 Å². The number of nitrogens with one attached hydrogen (secondary N) is 3. The van der Waals surface area contributed by atoms with Crippen LogP contribution in [0.25, 0.3) is 0 Å². The van der Waals surface area contributed by atoms with E-state index in [2.05, 4.69) is 25.9 Å². The van der Waals surface area contributed by atoms with Gasteiger partial charge in [-0.25, -0.2) is 19.2 Å². The molecule has 0 bridgehead atoms. The van der Waals surface area contributed by atoms with Gasteiger partial charge in [-0.15, -0.1) is 11.3 Å². The molecule has 0 radical (unpaired) electrons. The lowest BCUT2D eigenvalue weighted by molar-refractivity contribution is 0.0954. The molecule has 3 rings (SSSR count). The first-order valence-electron chi connectivity index (χ1n) is 8.63. The Labute approximate surface area is 175 Å². The highest BCUT2D eigenvalue weighted by Gasteiger charge is 2.11. The summed E-state index contributed by atoms with van der Waals surface area (Å²) < 4.78 is 13.1. The lowest BCUT2D eigenvalue weighted by atomic mass is 10.2. The number of aromatic nitrogens is 2. The highest BCUT2D eigenvalue weighted by molar-refractivity contribution is 7.13. The van der Waals surface area contributed by atoms with Crippen LogP contribution in [0.5, 0.6) is 0 Å². The van der Waals surface area contributed by atoms with Crippen molar-refractivity contribution in [3.63, 3.8) is 0 Å². The van der Waals surface area contributed by atoms with Gasteiger partial charge in [0.1, 0.15) is 11.0 Å². The maximum absolute atomic E-state index is 13.1. The van der Waals surface area contributed by atoms with Crippen molar-refractivity contribution in [2.24, 2.45) is 0 Å². The van der Waals surface area contributed by atoms with Crippen molar-refractivity contribution in [1.82, 2.24) is 20.6 Å². The number of halogens is 2. The summed E-state index contributed by atoms with van der Waals surface area (Å²) in [6, 6.07) is 8.80. The number of pyridine rings is 1. The van der Waals surface area contributed by atoms with E-state index < -0.39 is 6.03 Å². The first kappa shape index (κ1) is 20.7. The second-order valence-corrected chi connectivity index (χ2v) is 7.15. The van der Waals surface area contributed by atoms with Crippen LogP contribution in [0.4, 0.5) is 14.3 Å². The zero-order chi connectivity index (χ0) is 20.6. The van der Waals surface area contributed by atoms with E-state index in [0.717, 1.165) is 5.69 Å². The molecule has 0 atom stereocenters. The van der Waals surface area contributed by atoms with Crippen LogP contribution in [0, 0.1) is 5.82 Å². The summed E-state index contributed by atoms with van der Waals surface area (Å²) in [6.45, 7) is 0.559. The summed E-state index contributed by atoms with van der Waals surface area (Å²) in [4.78, 5) is 32.2. The van der Waals surface area contributed by atoms with Gasteiger partial charge in [-0.1, -0.05) is 23.7 Å². The standard InChI is InChI=1S/C19H17ClFN5O2S/c20-16-15(5-2-7-22-16)17(27)23-8-6-14-11-29-19(25-14)26-18(28)24-10-12-3-1-4-13(21)9-12/h1-5,7,9,11H,6,8,10H2,(H,23,27)(H2,24,25,26,28). The van der Waals surface area contributed by atoms with E-state index in [4.69, 9.17) is 11.6 Å². The minimum absolute atomic E-state index is 0.148. The van der Waals surface area contributed by atoms with Gasteiger partial charge in [0.2, 0.25) is 0 Å². The summed E-state index contributed by atoms with van der Waals surface area (Å²) >= 11 is 7.16. The Balaban J connectivity index is 1.42. The maximum Gasteiger partial charge on any atom is 0.321 e. The lowest BCUT2D eigenvalue weighted by Crippen LogP contribution is -2.28. The average molecular weight is 434 g/mol. The van der Waals surface area contributed by atoms with Gasteiger partial charge in [0.15, 0.2) is 5.13 Å². The molecule has 150 valence electrons. The lowest BCUT2D eigenvalue weighted by Gasteiger charge is -2.06. The normalized spacial score (nSPS) is 10.4. The fraction of sp³-hybridized carbons (Fsp3) is 0.158. The first-order chi connectivity index (χ1) is 14.0. The van der Waals surface area contributed by atoms with Gasteiger partial charge < -0.3 is 10.6 Å². The van der Waals surface area contributed by atoms with Crippen molar-refractivity contribution in [1.29, 1.82) is 0 Å². The summed E-state index contributed by atoms with van der Waals surface area (Å²) in [5.41, 5.74) is 1.70. The molecular weight excluding hydrogens is 417 g/mol. The Morgan fingerprint density at radius 3 is 2.83 bits per heavy atom. The van der Waals surface area contributed by atoms with Crippen molar-refractivity contribution >= 4 is 40.0 Å². The molecule has 3 N–H and O–H groups in total. The number of carbonyl (C=O) groups is 2. The van der Waals surface area contributed by atoms with Crippen molar-refractivity contribution in [2.75, 3.05) is 11.9 Å². The molecule has 10 heteroatoms. The third-order valence-electron chi connectivity index (χ3n) is 3.78. The Hall–Kier alpha value is -3.04. The van der Waals surface area contributed by atoms with Gasteiger partial charge >= 0.3 is 6.03 Å². The van der Waals surface area contributed by atoms with Crippen LogP contribution in [0.2, 0.25) is 5.15 Å². The number of nitrogens with zero attached hydrogens (tertiary/aromatic N) is 2. The van der Waals surface area contributed by atoms with Crippen molar-refractivity contribution in [2.45, 2.75) is 13.0 Å². The Morgan fingerprint density at radius 2 is 2.03 bits per heavy atom. The molecule has 3 amide bonds. The topological polar surface area (TPSA) is 96.0 Å². The van der Waals surface area contributed by atoms with E-state index in [1.54, 1.807) is 29.6 Å². The minimum atomic E-state index is -0.435. The van der Waals surface area contributed by atoms with E-state index in [9.17, 15) is 14.0 Å². The molecule has 0 spiro atoms. The molecule has 3 aromatic rings. The monoisotopic (exact) mass is 433 g/mol. The maximum atomic E-state index is 13.1. The molecule has 2 aromatic heterocycles. The van der Waals surface area contributed by atoms with Gasteiger partial charge in [0, 0.05) is 31.1 Å². The van der Waals surface area contributed by atoms with Crippen LogP contribution in [0.1, 0.15) is 21.6 Å². The number of hydrogen-bond donors (Lipinski definition) is 3. The molecule has 29 heavy (non-hydrogen) atoms. The van der Waals surface area contributed by atoms with Crippen LogP contribution in [0.3, 0.4) is 0 Å². The molecule has 0 saturated carbocycles. The number of anilines is 1. The molecule has 1 aromatic carbocycles. The molecule has 0 fully saturated rings. The first-order valence-corrected chi connectivity index (χ1v) is 9.89. The highest BCUT2D eigenvalue weighted by atomic mass is 35.5. The largest absolute Gasteiger partial charge is 0.352 e. The summed E-state index contributed by atoms with van der Waals surface area (Å²) in [6.07, 6.45) is 2.00. The van der Waals surface area contributed by atoms with Gasteiger partial charge in [-0.2, -0.15) is 0 Å². The zero-order valence-electron chi connectivity index (χ0n) is 15.1. The second kappa shape index (κ2) is 9.94.